The topological polar surface area (TPSA) is 87.9 Å². The Kier molecular flexibility index (Phi) is 3.78. The lowest BCUT2D eigenvalue weighted by molar-refractivity contribution is 0.0652. The molecular formula is C23H21N5O2. The number of nitrogens with zero attached hydrogens (tertiary/aromatic N) is 4. The van der Waals surface area contributed by atoms with Crippen molar-refractivity contribution in [1.29, 1.82) is 0 Å². The summed E-state index contributed by atoms with van der Waals surface area (Å²) >= 11 is 0. The van der Waals surface area contributed by atoms with E-state index in [0.717, 1.165) is 40.8 Å². The van der Waals surface area contributed by atoms with Gasteiger partial charge in [0.1, 0.15) is 6.04 Å². The number of para-hydroxylation sites is 1. The van der Waals surface area contributed by atoms with Crippen LogP contribution in [0.3, 0.4) is 0 Å². The molecule has 1 aliphatic carbocycles. The van der Waals surface area contributed by atoms with Gasteiger partial charge in [-0.1, -0.05) is 24.3 Å². The third kappa shape index (κ3) is 2.73. The van der Waals surface area contributed by atoms with Crippen LogP contribution in [0.5, 0.6) is 0 Å². The number of aromatic nitrogens is 4. The summed E-state index contributed by atoms with van der Waals surface area (Å²) in [5.41, 5.74) is 4.25. The lowest BCUT2D eigenvalue weighted by Crippen LogP contribution is -2.41. The van der Waals surface area contributed by atoms with Gasteiger partial charge in [0.15, 0.2) is 5.89 Å². The van der Waals surface area contributed by atoms with Crippen LogP contribution in [0.25, 0.3) is 10.9 Å². The number of aryl methyl sites for hydroxylation is 1. The molecule has 4 heterocycles. The first-order valence-corrected chi connectivity index (χ1v) is 10.3. The Morgan fingerprint density at radius 3 is 2.90 bits per heavy atom. The third-order valence-corrected chi connectivity index (χ3v) is 6.02. The van der Waals surface area contributed by atoms with Crippen LogP contribution in [0.4, 0.5) is 0 Å². The number of hydrogen-bond donors (Lipinski definition) is 1. The fourth-order valence-corrected chi connectivity index (χ4v) is 4.28. The minimum absolute atomic E-state index is 0.152. The van der Waals surface area contributed by atoms with E-state index in [1.807, 2.05) is 48.2 Å². The zero-order valence-electron chi connectivity index (χ0n) is 16.6. The van der Waals surface area contributed by atoms with Gasteiger partial charge in [-0.25, -0.2) is 9.97 Å². The van der Waals surface area contributed by atoms with Crippen molar-refractivity contribution in [2.75, 3.05) is 6.54 Å². The van der Waals surface area contributed by atoms with Crippen molar-refractivity contribution in [1.82, 2.24) is 24.8 Å². The summed E-state index contributed by atoms with van der Waals surface area (Å²) in [7, 11) is 0. The first-order chi connectivity index (χ1) is 14.7. The van der Waals surface area contributed by atoms with Crippen molar-refractivity contribution in [3.05, 3.63) is 77.2 Å². The Balaban J connectivity index is 1.44. The van der Waals surface area contributed by atoms with Crippen molar-refractivity contribution in [3.63, 3.8) is 0 Å². The highest BCUT2D eigenvalue weighted by molar-refractivity contribution is 5.93. The summed E-state index contributed by atoms with van der Waals surface area (Å²) in [4.78, 5) is 32.6. The van der Waals surface area contributed by atoms with E-state index < -0.39 is 0 Å². The van der Waals surface area contributed by atoms with Crippen LogP contribution < -0.4 is 0 Å². The van der Waals surface area contributed by atoms with Crippen LogP contribution in [0, 0.1) is 6.92 Å². The molecule has 1 amide bonds. The lowest BCUT2D eigenvalue weighted by Gasteiger charge is -2.34. The Bertz CT molecular complexity index is 1270. The van der Waals surface area contributed by atoms with Crippen molar-refractivity contribution >= 4 is 16.8 Å². The quantitative estimate of drug-likeness (QED) is 0.564. The average Bonchev–Trinajstić information content (AvgIpc) is 3.38. The molecule has 0 spiro atoms. The zero-order valence-corrected chi connectivity index (χ0v) is 16.6. The number of aromatic amines is 1. The van der Waals surface area contributed by atoms with Gasteiger partial charge in [-0.2, -0.15) is 0 Å². The molecule has 7 heteroatoms. The number of hydrogen-bond acceptors (Lipinski definition) is 5. The summed E-state index contributed by atoms with van der Waals surface area (Å²) in [6.07, 6.45) is 4.57. The maximum Gasteiger partial charge on any atom is 0.292 e. The van der Waals surface area contributed by atoms with E-state index in [4.69, 9.17) is 9.40 Å². The number of nitrogens with one attached hydrogen (secondary N) is 1. The molecule has 150 valence electrons. The first-order valence-electron chi connectivity index (χ1n) is 10.3. The number of imidazole rings is 1. The van der Waals surface area contributed by atoms with Gasteiger partial charge in [-0.15, -0.1) is 0 Å². The van der Waals surface area contributed by atoms with E-state index in [9.17, 15) is 4.79 Å². The van der Waals surface area contributed by atoms with Gasteiger partial charge in [0, 0.05) is 30.0 Å². The second kappa shape index (κ2) is 6.52. The number of pyridine rings is 1. The van der Waals surface area contributed by atoms with Gasteiger partial charge < -0.3 is 14.3 Å². The number of benzene rings is 1. The maximum atomic E-state index is 13.6. The van der Waals surface area contributed by atoms with Crippen LogP contribution in [-0.2, 0) is 6.42 Å². The van der Waals surface area contributed by atoms with E-state index >= 15 is 0 Å². The molecule has 0 unspecified atom stereocenters. The van der Waals surface area contributed by atoms with Crippen LogP contribution >= 0.6 is 0 Å². The number of oxazole rings is 1. The summed E-state index contributed by atoms with van der Waals surface area (Å²) in [6, 6.07) is 11.7. The molecule has 1 fully saturated rings. The summed E-state index contributed by atoms with van der Waals surface area (Å²) in [5.74, 6) is 1.23. The van der Waals surface area contributed by atoms with Crippen LogP contribution in [0.2, 0.25) is 0 Å². The lowest BCUT2D eigenvalue weighted by atomic mass is 9.98. The molecule has 1 saturated carbocycles. The van der Waals surface area contributed by atoms with Crippen molar-refractivity contribution in [3.8, 4) is 0 Å². The Morgan fingerprint density at radius 1 is 1.17 bits per heavy atom. The minimum Gasteiger partial charge on any atom is -0.435 e. The predicted octanol–water partition coefficient (Wildman–Crippen LogP) is 3.92. The van der Waals surface area contributed by atoms with E-state index in [-0.39, 0.29) is 11.9 Å². The van der Waals surface area contributed by atoms with Crippen molar-refractivity contribution in [2.24, 2.45) is 0 Å². The molecule has 30 heavy (non-hydrogen) atoms. The molecule has 3 aromatic heterocycles. The SMILES string of the molecule is Cc1nc(C2CC2)oc1C(=O)N1CCc2[nH]cnc2[C@H]1c1ccc2ccccc2n1. The fourth-order valence-electron chi connectivity index (χ4n) is 4.28. The number of carbonyl (C=O) groups excluding carboxylic acids is 1. The molecular weight excluding hydrogens is 378 g/mol. The molecule has 1 aliphatic heterocycles. The number of rotatable bonds is 3. The molecule has 0 radical (unpaired) electrons. The van der Waals surface area contributed by atoms with Gasteiger partial charge in [-0.05, 0) is 31.9 Å². The highest BCUT2D eigenvalue weighted by Crippen LogP contribution is 2.41. The highest BCUT2D eigenvalue weighted by Gasteiger charge is 2.38. The van der Waals surface area contributed by atoms with E-state index in [1.165, 1.54) is 0 Å². The minimum atomic E-state index is -0.369. The summed E-state index contributed by atoms with van der Waals surface area (Å²) < 4.78 is 5.93. The largest absolute Gasteiger partial charge is 0.435 e. The molecule has 4 aromatic rings. The number of H-pyrrole nitrogens is 1. The van der Waals surface area contributed by atoms with Crippen LogP contribution in [0.1, 0.15) is 64.0 Å². The Morgan fingerprint density at radius 2 is 2.03 bits per heavy atom. The normalized spacial score (nSPS) is 18.6. The summed E-state index contributed by atoms with van der Waals surface area (Å²) in [5, 5.41) is 1.07. The molecule has 0 bridgehead atoms. The molecule has 6 rings (SSSR count). The zero-order chi connectivity index (χ0) is 20.2. The fraction of sp³-hybridized carbons (Fsp3) is 0.304. The Labute approximate surface area is 173 Å². The number of carbonyl (C=O) groups is 1. The van der Waals surface area contributed by atoms with Gasteiger partial charge in [0.2, 0.25) is 5.76 Å². The van der Waals surface area contributed by atoms with Gasteiger partial charge in [-0.3, -0.25) is 9.78 Å². The van der Waals surface area contributed by atoms with Gasteiger partial charge >= 0.3 is 0 Å². The Hall–Kier alpha value is -3.48. The molecule has 7 nitrogen and oxygen atoms in total. The van der Waals surface area contributed by atoms with E-state index in [2.05, 4.69) is 15.0 Å². The monoisotopic (exact) mass is 399 g/mol. The first kappa shape index (κ1) is 17.4. The predicted molar refractivity (Wildman–Crippen MR) is 110 cm³/mol. The van der Waals surface area contributed by atoms with Gasteiger partial charge in [0.25, 0.3) is 5.91 Å². The molecule has 1 N–H and O–H groups in total. The van der Waals surface area contributed by atoms with E-state index in [0.29, 0.717) is 36.2 Å². The van der Waals surface area contributed by atoms with E-state index in [1.54, 1.807) is 6.33 Å². The third-order valence-electron chi connectivity index (χ3n) is 6.02. The van der Waals surface area contributed by atoms with Crippen molar-refractivity contribution in [2.45, 2.75) is 38.1 Å². The maximum absolute atomic E-state index is 13.6. The molecule has 1 aromatic carbocycles. The average molecular weight is 399 g/mol. The second-order valence-corrected chi connectivity index (χ2v) is 8.09. The molecule has 2 aliphatic rings. The van der Waals surface area contributed by atoms with Crippen LogP contribution in [-0.4, -0.2) is 37.3 Å². The number of amides is 1. The molecule has 0 saturated heterocycles. The van der Waals surface area contributed by atoms with Crippen molar-refractivity contribution < 1.29 is 9.21 Å². The summed E-state index contributed by atoms with van der Waals surface area (Å²) in [6.45, 7) is 2.40. The number of fused-ring (bicyclic) bond motifs is 2. The highest BCUT2D eigenvalue weighted by atomic mass is 16.4. The second-order valence-electron chi connectivity index (χ2n) is 8.09. The standard InChI is InChI=1S/C23H21N5O2/c1-13-21(30-22(26-13)15-6-7-15)23(29)28-11-10-17-19(25-12-24-17)20(28)18-9-8-14-4-2-3-5-16(14)27-18/h2-5,8-9,12,15,20H,6-7,10-11H2,1H3,(H,24,25)/t20-/m1/s1. The van der Waals surface area contributed by atoms with Crippen LogP contribution in [0.15, 0.2) is 47.1 Å². The smallest absolute Gasteiger partial charge is 0.292 e. The van der Waals surface area contributed by atoms with Gasteiger partial charge in [0.05, 0.1) is 28.9 Å². The molecule has 1 atom stereocenters.